The first kappa shape index (κ1) is 13.8. The first-order chi connectivity index (χ1) is 8.61. The highest BCUT2D eigenvalue weighted by molar-refractivity contribution is 5.86. The molecular formula is C12H17N3O3. The van der Waals surface area contributed by atoms with Gasteiger partial charge in [-0.3, -0.25) is 4.79 Å². The van der Waals surface area contributed by atoms with Gasteiger partial charge in [0.15, 0.2) is 5.84 Å². The third-order valence-electron chi connectivity index (χ3n) is 2.18. The Labute approximate surface area is 105 Å². The van der Waals surface area contributed by atoms with Gasteiger partial charge in [0.2, 0.25) is 5.91 Å². The van der Waals surface area contributed by atoms with E-state index >= 15 is 0 Å². The number of nitrogens with one attached hydrogen (secondary N) is 1. The van der Waals surface area contributed by atoms with Gasteiger partial charge >= 0.3 is 0 Å². The van der Waals surface area contributed by atoms with Crippen LogP contribution in [0.3, 0.4) is 0 Å². The summed E-state index contributed by atoms with van der Waals surface area (Å²) in [5.74, 6) is 0.483. The monoisotopic (exact) mass is 251 g/mol. The maximum Gasteiger partial charge on any atom is 0.223 e. The van der Waals surface area contributed by atoms with E-state index in [0.29, 0.717) is 0 Å². The third-order valence-corrected chi connectivity index (χ3v) is 2.18. The van der Waals surface area contributed by atoms with Crippen molar-refractivity contribution in [2.24, 2.45) is 10.9 Å². The van der Waals surface area contributed by atoms with Crippen LogP contribution in [0.2, 0.25) is 0 Å². The van der Waals surface area contributed by atoms with Crippen LogP contribution in [0.25, 0.3) is 0 Å². The van der Waals surface area contributed by atoms with Crippen molar-refractivity contribution in [1.82, 2.24) is 5.32 Å². The predicted molar refractivity (Wildman–Crippen MR) is 67.7 cm³/mol. The highest BCUT2D eigenvalue weighted by Crippen LogP contribution is 2.12. The topological polar surface area (TPSA) is 96.9 Å². The lowest BCUT2D eigenvalue weighted by atomic mass is 10.2. The molecule has 0 aliphatic rings. The Morgan fingerprint density at radius 2 is 2.33 bits per heavy atom. The van der Waals surface area contributed by atoms with Gasteiger partial charge in [0.25, 0.3) is 0 Å². The molecule has 1 rings (SSSR count). The number of amides is 1. The molecule has 0 atom stereocenters. The van der Waals surface area contributed by atoms with E-state index in [9.17, 15) is 4.79 Å². The summed E-state index contributed by atoms with van der Waals surface area (Å²) in [5, 5.41) is 13.5. The summed E-state index contributed by atoms with van der Waals surface area (Å²) in [6, 6.07) is 7.59. The number of carbonyl (C=O) groups excluding carboxylic acids is 1. The number of aryl methyl sites for hydroxylation is 1. The molecule has 0 aromatic heterocycles. The molecule has 0 bridgehead atoms. The van der Waals surface area contributed by atoms with Crippen LogP contribution in [0.5, 0.6) is 5.75 Å². The fourth-order valence-electron chi connectivity index (χ4n) is 1.28. The zero-order valence-corrected chi connectivity index (χ0v) is 10.2. The molecule has 0 spiro atoms. The van der Waals surface area contributed by atoms with Crippen molar-refractivity contribution in [2.45, 2.75) is 13.3 Å². The van der Waals surface area contributed by atoms with Crippen LogP contribution < -0.4 is 15.8 Å². The standard InChI is InChI=1S/C12H17N3O3/c1-9-3-2-4-10(7-9)18-6-5-12(16)14-8-11(13)15-17/h2-4,7,17H,5-6,8H2,1H3,(H2,13,15)(H,14,16). The van der Waals surface area contributed by atoms with Crippen molar-refractivity contribution < 1.29 is 14.7 Å². The molecule has 1 aromatic carbocycles. The highest BCUT2D eigenvalue weighted by atomic mass is 16.5. The molecule has 6 nitrogen and oxygen atoms in total. The minimum atomic E-state index is -0.214. The van der Waals surface area contributed by atoms with E-state index in [2.05, 4.69) is 10.5 Å². The lowest BCUT2D eigenvalue weighted by molar-refractivity contribution is -0.121. The molecular weight excluding hydrogens is 234 g/mol. The fourth-order valence-corrected chi connectivity index (χ4v) is 1.28. The molecule has 1 aromatic rings. The molecule has 1 amide bonds. The lowest BCUT2D eigenvalue weighted by Crippen LogP contribution is -2.34. The van der Waals surface area contributed by atoms with E-state index in [-0.39, 0.29) is 31.3 Å². The van der Waals surface area contributed by atoms with Crippen molar-refractivity contribution in [3.8, 4) is 5.75 Å². The number of ether oxygens (including phenoxy) is 1. The number of hydrogen-bond donors (Lipinski definition) is 3. The number of nitrogens with zero attached hydrogens (tertiary/aromatic N) is 1. The van der Waals surface area contributed by atoms with Crippen molar-refractivity contribution >= 4 is 11.7 Å². The van der Waals surface area contributed by atoms with Crippen molar-refractivity contribution in [3.63, 3.8) is 0 Å². The molecule has 0 heterocycles. The van der Waals surface area contributed by atoms with Gasteiger partial charge in [-0.15, -0.1) is 0 Å². The van der Waals surface area contributed by atoms with Crippen LogP contribution in [-0.4, -0.2) is 30.1 Å². The van der Waals surface area contributed by atoms with Gasteiger partial charge in [0.05, 0.1) is 19.6 Å². The van der Waals surface area contributed by atoms with Gasteiger partial charge in [-0.2, -0.15) is 0 Å². The van der Waals surface area contributed by atoms with Crippen LogP contribution in [0, 0.1) is 6.92 Å². The van der Waals surface area contributed by atoms with Gasteiger partial charge in [-0.1, -0.05) is 17.3 Å². The maximum absolute atomic E-state index is 11.3. The summed E-state index contributed by atoms with van der Waals surface area (Å²) in [6.07, 6.45) is 0.215. The average Bonchev–Trinajstić information content (AvgIpc) is 2.36. The van der Waals surface area contributed by atoms with Crippen LogP contribution in [0.4, 0.5) is 0 Å². The summed E-state index contributed by atoms with van der Waals surface area (Å²) in [5.41, 5.74) is 6.31. The van der Waals surface area contributed by atoms with Gasteiger partial charge in [0.1, 0.15) is 5.75 Å². The molecule has 0 saturated heterocycles. The van der Waals surface area contributed by atoms with Gasteiger partial charge in [-0.05, 0) is 24.6 Å². The lowest BCUT2D eigenvalue weighted by Gasteiger charge is -2.07. The predicted octanol–water partition coefficient (Wildman–Crippen LogP) is 0.627. The van der Waals surface area contributed by atoms with Crippen molar-refractivity contribution in [3.05, 3.63) is 29.8 Å². The molecule has 98 valence electrons. The Balaban J connectivity index is 2.23. The molecule has 0 fully saturated rings. The number of oxime groups is 1. The van der Waals surface area contributed by atoms with Crippen LogP contribution >= 0.6 is 0 Å². The van der Waals surface area contributed by atoms with Crippen LogP contribution in [-0.2, 0) is 4.79 Å². The van der Waals surface area contributed by atoms with Gasteiger partial charge in [0, 0.05) is 0 Å². The Bertz CT molecular complexity index is 432. The van der Waals surface area contributed by atoms with E-state index in [1.54, 1.807) is 0 Å². The summed E-state index contributed by atoms with van der Waals surface area (Å²) in [6.45, 7) is 2.28. The average molecular weight is 251 g/mol. The van der Waals surface area contributed by atoms with Crippen molar-refractivity contribution in [2.75, 3.05) is 13.2 Å². The number of carbonyl (C=O) groups is 1. The number of amidine groups is 1. The minimum absolute atomic E-state index is 0.0276. The summed E-state index contributed by atoms with van der Waals surface area (Å²) in [7, 11) is 0. The van der Waals surface area contributed by atoms with Crippen LogP contribution in [0.1, 0.15) is 12.0 Å². The summed E-state index contributed by atoms with van der Waals surface area (Å²) in [4.78, 5) is 11.3. The van der Waals surface area contributed by atoms with E-state index in [4.69, 9.17) is 15.7 Å². The van der Waals surface area contributed by atoms with E-state index < -0.39 is 0 Å². The van der Waals surface area contributed by atoms with Gasteiger partial charge < -0.3 is 21.0 Å². The Kier molecular flexibility index (Phi) is 5.50. The molecule has 0 aliphatic carbocycles. The third kappa shape index (κ3) is 5.20. The minimum Gasteiger partial charge on any atom is -0.493 e. The van der Waals surface area contributed by atoms with Crippen molar-refractivity contribution in [1.29, 1.82) is 0 Å². The smallest absolute Gasteiger partial charge is 0.223 e. The highest BCUT2D eigenvalue weighted by Gasteiger charge is 2.02. The number of rotatable bonds is 6. The zero-order valence-electron chi connectivity index (χ0n) is 10.2. The number of nitrogens with two attached hydrogens (primary N) is 1. The number of benzene rings is 1. The van der Waals surface area contributed by atoms with E-state index in [0.717, 1.165) is 11.3 Å². The first-order valence-corrected chi connectivity index (χ1v) is 5.54. The second kappa shape index (κ2) is 7.16. The van der Waals surface area contributed by atoms with E-state index in [1.165, 1.54) is 0 Å². The fraction of sp³-hybridized carbons (Fsp3) is 0.333. The molecule has 18 heavy (non-hydrogen) atoms. The second-order valence-electron chi connectivity index (χ2n) is 3.78. The molecule has 4 N–H and O–H groups in total. The molecule has 0 radical (unpaired) electrons. The molecule has 0 saturated carbocycles. The van der Waals surface area contributed by atoms with E-state index in [1.807, 2.05) is 31.2 Å². The zero-order chi connectivity index (χ0) is 13.4. The van der Waals surface area contributed by atoms with Gasteiger partial charge in [-0.25, -0.2) is 0 Å². The first-order valence-electron chi connectivity index (χ1n) is 5.54. The molecule has 0 unspecified atom stereocenters. The summed E-state index contributed by atoms with van der Waals surface area (Å²) >= 11 is 0. The Hall–Kier alpha value is -2.24. The summed E-state index contributed by atoms with van der Waals surface area (Å²) < 4.78 is 5.42. The normalized spacial score (nSPS) is 11.1. The largest absolute Gasteiger partial charge is 0.493 e. The Morgan fingerprint density at radius 3 is 3.00 bits per heavy atom. The van der Waals surface area contributed by atoms with Crippen LogP contribution in [0.15, 0.2) is 29.4 Å². The SMILES string of the molecule is Cc1cccc(OCCC(=O)NC/C(N)=N/O)c1. The molecule has 6 heteroatoms. The molecule has 0 aliphatic heterocycles. The number of hydrogen-bond acceptors (Lipinski definition) is 4. The quantitative estimate of drug-likeness (QED) is 0.299. The second-order valence-corrected chi connectivity index (χ2v) is 3.78. The Morgan fingerprint density at radius 1 is 1.56 bits per heavy atom. The maximum atomic E-state index is 11.3.